The van der Waals surface area contributed by atoms with Crippen molar-refractivity contribution in [1.82, 2.24) is 5.32 Å². The van der Waals surface area contributed by atoms with Gasteiger partial charge in [0.25, 0.3) is 11.4 Å². The van der Waals surface area contributed by atoms with E-state index in [1.54, 1.807) is 0 Å². The van der Waals surface area contributed by atoms with Gasteiger partial charge in [0.05, 0.1) is 15.9 Å². The van der Waals surface area contributed by atoms with Crippen molar-refractivity contribution in [2.24, 2.45) is 0 Å². The van der Waals surface area contributed by atoms with E-state index < -0.39 is 9.85 Å². The highest BCUT2D eigenvalue weighted by atomic mass is 16.6. The summed E-state index contributed by atoms with van der Waals surface area (Å²) in [6.45, 7) is 2.18. The highest BCUT2D eigenvalue weighted by molar-refractivity contribution is 5.65. The largest absolute Gasteiger partial charge is 0.376 e. The summed E-state index contributed by atoms with van der Waals surface area (Å²) in [5, 5.41) is 27.7. The van der Waals surface area contributed by atoms with Crippen LogP contribution in [-0.2, 0) is 0 Å². The zero-order valence-electron chi connectivity index (χ0n) is 10.7. The first-order valence-corrected chi connectivity index (χ1v) is 6.13. The molecular weight excluding hydrogens is 264 g/mol. The van der Waals surface area contributed by atoms with Gasteiger partial charge in [-0.05, 0) is 19.0 Å². The van der Waals surface area contributed by atoms with Crippen LogP contribution < -0.4 is 10.6 Å². The molecule has 2 N–H and O–H groups in total. The zero-order valence-corrected chi connectivity index (χ0v) is 10.7. The third-order valence-corrected chi connectivity index (χ3v) is 3.05. The van der Waals surface area contributed by atoms with E-state index in [1.807, 2.05) is 6.08 Å². The Bertz CT molecular complexity index is 571. The second kappa shape index (κ2) is 6.11. The summed E-state index contributed by atoms with van der Waals surface area (Å²) in [5.74, 6) is 0. The van der Waals surface area contributed by atoms with E-state index in [1.165, 1.54) is 12.1 Å². The van der Waals surface area contributed by atoms with Gasteiger partial charge in [-0.2, -0.15) is 0 Å². The van der Waals surface area contributed by atoms with Crippen LogP contribution in [0.25, 0.3) is 0 Å². The maximum atomic E-state index is 11.0. The van der Waals surface area contributed by atoms with Gasteiger partial charge in [0.2, 0.25) is 0 Å². The monoisotopic (exact) mass is 278 g/mol. The van der Waals surface area contributed by atoms with Crippen molar-refractivity contribution in [2.75, 3.05) is 25.0 Å². The Balaban J connectivity index is 2.16. The van der Waals surface area contributed by atoms with E-state index in [4.69, 9.17) is 0 Å². The molecular formula is C12H14N4O4. The molecule has 8 nitrogen and oxygen atoms in total. The maximum Gasteiger partial charge on any atom is 0.299 e. The van der Waals surface area contributed by atoms with Crippen LogP contribution in [0.1, 0.15) is 6.42 Å². The summed E-state index contributed by atoms with van der Waals surface area (Å²) in [5.41, 5.74) is 0.883. The lowest BCUT2D eigenvalue weighted by Gasteiger charge is -2.15. The van der Waals surface area contributed by atoms with E-state index in [2.05, 4.69) is 10.6 Å². The lowest BCUT2D eigenvalue weighted by molar-refractivity contribution is -0.393. The SMILES string of the molecule is O=[N+]([O-])c1ccc(NCC2=CCNCC2)c([N+](=O)[O-])c1. The molecule has 0 atom stereocenters. The number of rotatable bonds is 5. The molecule has 1 heterocycles. The molecule has 20 heavy (non-hydrogen) atoms. The Morgan fingerprint density at radius 1 is 1.25 bits per heavy atom. The smallest absolute Gasteiger partial charge is 0.299 e. The van der Waals surface area contributed by atoms with Crippen LogP contribution in [0.2, 0.25) is 0 Å². The molecule has 1 aliphatic heterocycles. The predicted octanol–water partition coefficient (Wildman–Crippen LogP) is 1.83. The Kier molecular flexibility index (Phi) is 4.26. The Labute approximate surface area is 114 Å². The number of hydrogen-bond acceptors (Lipinski definition) is 6. The summed E-state index contributed by atoms with van der Waals surface area (Å²) in [6, 6.07) is 3.60. The van der Waals surface area contributed by atoms with Crippen molar-refractivity contribution < 1.29 is 9.85 Å². The molecule has 0 unspecified atom stereocenters. The highest BCUT2D eigenvalue weighted by Gasteiger charge is 2.19. The first-order valence-electron chi connectivity index (χ1n) is 6.13. The molecule has 106 valence electrons. The molecule has 2 rings (SSSR count). The molecule has 0 radical (unpaired) electrons. The van der Waals surface area contributed by atoms with Crippen molar-refractivity contribution in [3.63, 3.8) is 0 Å². The summed E-state index contributed by atoms with van der Waals surface area (Å²) in [4.78, 5) is 20.3. The van der Waals surface area contributed by atoms with Crippen molar-refractivity contribution in [3.05, 3.63) is 50.1 Å². The fourth-order valence-corrected chi connectivity index (χ4v) is 1.97. The second-order valence-electron chi connectivity index (χ2n) is 4.39. The molecule has 1 aromatic rings. The Morgan fingerprint density at radius 3 is 2.65 bits per heavy atom. The number of nitro groups is 2. The topological polar surface area (TPSA) is 110 Å². The van der Waals surface area contributed by atoms with Gasteiger partial charge in [0.15, 0.2) is 0 Å². The number of benzene rings is 1. The van der Waals surface area contributed by atoms with Crippen LogP contribution in [-0.4, -0.2) is 29.5 Å². The third kappa shape index (κ3) is 3.29. The van der Waals surface area contributed by atoms with Crippen LogP contribution in [0.5, 0.6) is 0 Å². The molecule has 0 aromatic heterocycles. The highest BCUT2D eigenvalue weighted by Crippen LogP contribution is 2.29. The molecule has 1 aromatic carbocycles. The number of anilines is 1. The molecule has 0 saturated heterocycles. The number of nitro benzene ring substituents is 2. The second-order valence-corrected chi connectivity index (χ2v) is 4.39. The van der Waals surface area contributed by atoms with Crippen LogP contribution in [0.3, 0.4) is 0 Å². The van der Waals surface area contributed by atoms with E-state index in [9.17, 15) is 20.2 Å². The Hall–Kier alpha value is -2.48. The van der Waals surface area contributed by atoms with E-state index >= 15 is 0 Å². The maximum absolute atomic E-state index is 11.0. The van der Waals surface area contributed by atoms with Gasteiger partial charge in [0, 0.05) is 19.2 Å². The minimum absolute atomic E-state index is 0.284. The van der Waals surface area contributed by atoms with Crippen LogP contribution in [0.15, 0.2) is 29.8 Å². The van der Waals surface area contributed by atoms with Crippen molar-refractivity contribution in [1.29, 1.82) is 0 Å². The molecule has 0 amide bonds. The van der Waals surface area contributed by atoms with Gasteiger partial charge in [0.1, 0.15) is 5.69 Å². The van der Waals surface area contributed by atoms with Gasteiger partial charge >= 0.3 is 0 Å². The zero-order chi connectivity index (χ0) is 14.5. The predicted molar refractivity (Wildman–Crippen MR) is 73.8 cm³/mol. The minimum atomic E-state index is -0.647. The molecule has 0 aliphatic carbocycles. The normalized spacial score (nSPS) is 14.5. The first-order chi connectivity index (χ1) is 9.58. The molecule has 0 saturated carbocycles. The van der Waals surface area contributed by atoms with Gasteiger partial charge in [-0.25, -0.2) is 0 Å². The fraction of sp³-hybridized carbons (Fsp3) is 0.333. The van der Waals surface area contributed by atoms with E-state index in [-0.39, 0.29) is 11.4 Å². The van der Waals surface area contributed by atoms with Crippen molar-refractivity contribution in [2.45, 2.75) is 6.42 Å². The first kappa shape index (κ1) is 13.9. The Morgan fingerprint density at radius 2 is 2.05 bits per heavy atom. The third-order valence-electron chi connectivity index (χ3n) is 3.05. The number of nitrogens with one attached hydrogen (secondary N) is 2. The van der Waals surface area contributed by atoms with Crippen LogP contribution >= 0.6 is 0 Å². The number of hydrogen-bond donors (Lipinski definition) is 2. The number of non-ortho nitro benzene ring substituents is 1. The van der Waals surface area contributed by atoms with Gasteiger partial charge < -0.3 is 10.6 Å². The van der Waals surface area contributed by atoms with Crippen molar-refractivity contribution >= 4 is 17.1 Å². The van der Waals surface area contributed by atoms with Crippen molar-refractivity contribution in [3.8, 4) is 0 Å². The van der Waals surface area contributed by atoms with Gasteiger partial charge in [-0.15, -0.1) is 0 Å². The number of nitrogens with zero attached hydrogens (tertiary/aromatic N) is 2. The lowest BCUT2D eigenvalue weighted by Crippen LogP contribution is -2.23. The molecule has 0 spiro atoms. The van der Waals surface area contributed by atoms with E-state index in [0.29, 0.717) is 12.2 Å². The quantitative estimate of drug-likeness (QED) is 0.483. The summed E-state index contributed by atoms with van der Waals surface area (Å²) < 4.78 is 0. The minimum Gasteiger partial charge on any atom is -0.376 e. The molecule has 1 aliphatic rings. The van der Waals surface area contributed by atoms with E-state index in [0.717, 1.165) is 31.1 Å². The summed E-state index contributed by atoms with van der Waals surface area (Å²) in [6.07, 6.45) is 2.92. The lowest BCUT2D eigenvalue weighted by atomic mass is 10.1. The average molecular weight is 278 g/mol. The fourth-order valence-electron chi connectivity index (χ4n) is 1.97. The molecule has 8 heteroatoms. The average Bonchev–Trinajstić information content (AvgIpc) is 2.45. The standard InChI is InChI=1S/C12H14N4O4/c17-15(18)10-1-2-11(12(7-10)16(19)20)14-8-9-3-5-13-6-4-9/h1-3,7,13-14H,4-6,8H2. The molecule has 0 bridgehead atoms. The summed E-state index contributed by atoms with van der Waals surface area (Å²) >= 11 is 0. The van der Waals surface area contributed by atoms with Gasteiger partial charge in [-0.3, -0.25) is 20.2 Å². The summed E-state index contributed by atoms with van der Waals surface area (Å²) in [7, 11) is 0. The van der Waals surface area contributed by atoms with Crippen LogP contribution in [0.4, 0.5) is 17.1 Å². The van der Waals surface area contributed by atoms with Crippen LogP contribution in [0, 0.1) is 20.2 Å². The van der Waals surface area contributed by atoms with Gasteiger partial charge in [-0.1, -0.05) is 11.6 Å². The molecule has 0 fully saturated rings.